The summed E-state index contributed by atoms with van der Waals surface area (Å²) in [5.74, 6) is 0.179. The van der Waals surface area contributed by atoms with Crippen LogP contribution in [-0.4, -0.2) is 16.4 Å². The van der Waals surface area contributed by atoms with Crippen molar-refractivity contribution in [1.29, 1.82) is 0 Å². The van der Waals surface area contributed by atoms with Gasteiger partial charge in [-0.05, 0) is 54.0 Å². The molecule has 0 heterocycles. The highest BCUT2D eigenvalue weighted by molar-refractivity contribution is 7.80. The van der Waals surface area contributed by atoms with Crippen molar-refractivity contribution in [2.45, 2.75) is 13.8 Å². The summed E-state index contributed by atoms with van der Waals surface area (Å²) in [6.45, 7) is 4.05. The fourth-order valence-corrected chi connectivity index (χ4v) is 2.88. The van der Waals surface area contributed by atoms with Crippen LogP contribution < -0.4 is 10.7 Å². The molecule has 0 aliphatic rings. The molecule has 0 fully saturated rings. The maximum Gasteiger partial charge on any atom is 0.191 e. The lowest BCUT2D eigenvalue weighted by Gasteiger charge is -2.12. The minimum absolute atomic E-state index is 0.179. The van der Waals surface area contributed by atoms with Gasteiger partial charge < -0.3 is 10.4 Å². The fraction of sp³-hybridized carbons (Fsp3) is 0.100. The van der Waals surface area contributed by atoms with Crippen LogP contribution in [0.4, 0.5) is 5.69 Å². The molecule has 3 aromatic rings. The zero-order chi connectivity index (χ0) is 17.8. The first-order valence-corrected chi connectivity index (χ1v) is 8.34. The highest BCUT2D eigenvalue weighted by Crippen LogP contribution is 2.25. The van der Waals surface area contributed by atoms with Crippen LogP contribution in [-0.2, 0) is 0 Å². The van der Waals surface area contributed by atoms with E-state index in [4.69, 9.17) is 12.2 Å². The number of thiocarbonyl (C=S) groups is 1. The van der Waals surface area contributed by atoms with Crippen molar-refractivity contribution < 1.29 is 5.11 Å². The van der Waals surface area contributed by atoms with Crippen LogP contribution in [0.15, 0.2) is 59.7 Å². The highest BCUT2D eigenvalue weighted by atomic mass is 32.1. The largest absolute Gasteiger partial charge is 0.507 e. The average molecular weight is 349 g/mol. The molecule has 0 saturated heterocycles. The summed E-state index contributed by atoms with van der Waals surface area (Å²) in [5, 5.41) is 19.8. The van der Waals surface area contributed by atoms with E-state index in [1.807, 2.05) is 62.4 Å². The third-order valence-corrected chi connectivity index (χ3v) is 4.22. The van der Waals surface area contributed by atoms with Crippen molar-refractivity contribution in [1.82, 2.24) is 5.43 Å². The third kappa shape index (κ3) is 3.78. The summed E-state index contributed by atoms with van der Waals surface area (Å²) in [7, 11) is 0. The van der Waals surface area contributed by atoms with E-state index in [1.165, 1.54) is 0 Å². The van der Waals surface area contributed by atoms with Gasteiger partial charge in [-0.15, -0.1) is 0 Å². The number of nitrogens with zero attached hydrogens (tertiary/aromatic N) is 1. The number of hydrogen-bond donors (Lipinski definition) is 3. The molecular formula is C20H19N3OS. The van der Waals surface area contributed by atoms with Crippen molar-refractivity contribution in [2.75, 3.05) is 5.32 Å². The first kappa shape index (κ1) is 16.9. The van der Waals surface area contributed by atoms with Gasteiger partial charge >= 0.3 is 0 Å². The number of phenols is 1. The lowest BCUT2D eigenvalue weighted by molar-refractivity contribution is 0.475. The summed E-state index contributed by atoms with van der Waals surface area (Å²) in [5.41, 5.74) is 6.65. The molecule has 3 N–H and O–H groups in total. The molecule has 0 aliphatic heterocycles. The molecule has 25 heavy (non-hydrogen) atoms. The number of nitrogens with one attached hydrogen (secondary N) is 2. The van der Waals surface area contributed by atoms with Crippen molar-refractivity contribution in [3.8, 4) is 5.75 Å². The number of phenolic OH excluding ortho intramolecular Hbond substituents is 1. The first-order chi connectivity index (χ1) is 12.1. The van der Waals surface area contributed by atoms with Crippen molar-refractivity contribution in [3.63, 3.8) is 0 Å². The zero-order valence-electron chi connectivity index (χ0n) is 14.1. The minimum Gasteiger partial charge on any atom is -0.507 e. The Morgan fingerprint density at radius 2 is 1.72 bits per heavy atom. The second-order valence-electron chi connectivity index (χ2n) is 5.81. The topological polar surface area (TPSA) is 56.7 Å². The summed E-state index contributed by atoms with van der Waals surface area (Å²) in [6.07, 6.45) is 1.58. The van der Waals surface area contributed by atoms with Crippen LogP contribution in [0, 0.1) is 13.8 Å². The molecule has 3 rings (SSSR count). The quantitative estimate of drug-likeness (QED) is 0.371. The average Bonchev–Trinajstić information content (AvgIpc) is 2.60. The molecule has 0 saturated carbocycles. The predicted molar refractivity (Wildman–Crippen MR) is 108 cm³/mol. The third-order valence-electron chi connectivity index (χ3n) is 4.03. The number of aromatic hydroxyl groups is 1. The molecule has 4 nitrogen and oxygen atoms in total. The predicted octanol–water partition coefficient (Wildman–Crippen LogP) is 4.48. The maximum absolute atomic E-state index is 10.1. The molecule has 126 valence electrons. The SMILES string of the molecule is Cc1cccc(C)c1NC(=S)N/N=C/c1c(O)ccc2ccccc12. The van der Waals surface area contributed by atoms with E-state index < -0.39 is 0 Å². The Bertz CT molecular complexity index is 946. The molecule has 0 atom stereocenters. The standard InChI is InChI=1S/C20H19N3OS/c1-13-6-5-7-14(2)19(13)22-20(25)23-21-12-17-16-9-4-3-8-15(16)10-11-18(17)24/h3-12,24H,1-2H3,(H2,22,23,25)/b21-12+. The summed E-state index contributed by atoms with van der Waals surface area (Å²) in [4.78, 5) is 0. The van der Waals surface area contributed by atoms with E-state index in [-0.39, 0.29) is 5.75 Å². The zero-order valence-corrected chi connectivity index (χ0v) is 14.9. The molecule has 0 amide bonds. The van der Waals surface area contributed by atoms with Crippen LogP contribution in [0.1, 0.15) is 16.7 Å². The summed E-state index contributed by atoms with van der Waals surface area (Å²) in [6, 6.07) is 17.4. The number of para-hydroxylation sites is 1. The van der Waals surface area contributed by atoms with Gasteiger partial charge in [0.1, 0.15) is 5.75 Å². The van der Waals surface area contributed by atoms with Crippen molar-refractivity contribution >= 4 is 40.0 Å². The van der Waals surface area contributed by atoms with E-state index in [1.54, 1.807) is 12.3 Å². The molecule has 3 aromatic carbocycles. The van der Waals surface area contributed by atoms with E-state index in [2.05, 4.69) is 15.8 Å². The van der Waals surface area contributed by atoms with E-state index in [0.717, 1.165) is 27.6 Å². The lowest BCUT2D eigenvalue weighted by Crippen LogP contribution is -2.24. The van der Waals surface area contributed by atoms with Gasteiger partial charge in [0.2, 0.25) is 0 Å². The highest BCUT2D eigenvalue weighted by Gasteiger charge is 2.05. The number of rotatable bonds is 3. The second kappa shape index (κ2) is 7.32. The number of hydrazone groups is 1. The Morgan fingerprint density at radius 1 is 1.00 bits per heavy atom. The summed E-state index contributed by atoms with van der Waals surface area (Å²) >= 11 is 5.30. The van der Waals surface area contributed by atoms with Gasteiger partial charge in [0.15, 0.2) is 5.11 Å². The van der Waals surface area contributed by atoms with Gasteiger partial charge in [-0.2, -0.15) is 5.10 Å². The molecule has 0 spiro atoms. The maximum atomic E-state index is 10.1. The monoisotopic (exact) mass is 349 g/mol. The Morgan fingerprint density at radius 3 is 2.48 bits per heavy atom. The van der Waals surface area contributed by atoms with Gasteiger partial charge in [-0.25, -0.2) is 0 Å². The van der Waals surface area contributed by atoms with Crippen molar-refractivity contribution in [3.05, 3.63) is 71.3 Å². The Kier molecular flexibility index (Phi) is 4.95. The number of hydrogen-bond acceptors (Lipinski definition) is 3. The van der Waals surface area contributed by atoms with Crippen molar-refractivity contribution in [2.24, 2.45) is 5.10 Å². The van der Waals surface area contributed by atoms with Gasteiger partial charge in [-0.1, -0.05) is 48.5 Å². The van der Waals surface area contributed by atoms with E-state index in [9.17, 15) is 5.11 Å². The Hall–Kier alpha value is -2.92. The van der Waals surface area contributed by atoms with Gasteiger partial charge in [0.05, 0.1) is 6.21 Å². The normalized spacial score (nSPS) is 11.0. The molecule has 0 radical (unpaired) electrons. The van der Waals surface area contributed by atoms with E-state index >= 15 is 0 Å². The minimum atomic E-state index is 0.179. The molecule has 0 aliphatic carbocycles. The van der Waals surface area contributed by atoms with Crippen LogP contribution in [0.25, 0.3) is 10.8 Å². The molecule has 0 unspecified atom stereocenters. The van der Waals surface area contributed by atoms with E-state index in [0.29, 0.717) is 10.7 Å². The van der Waals surface area contributed by atoms with Crippen LogP contribution in [0.3, 0.4) is 0 Å². The van der Waals surface area contributed by atoms with Crippen LogP contribution in [0.2, 0.25) is 0 Å². The fourth-order valence-electron chi connectivity index (χ4n) is 2.73. The van der Waals surface area contributed by atoms with Gasteiger partial charge in [0, 0.05) is 11.3 Å². The smallest absolute Gasteiger partial charge is 0.191 e. The summed E-state index contributed by atoms with van der Waals surface area (Å²) < 4.78 is 0. The number of benzene rings is 3. The second-order valence-corrected chi connectivity index (χ2v) is 6.22. The van der Waals surface area contributed by atoms with Crippen LogP contribution >= 0.6 is 12.2 Å². The molecule has 5 heteroatoms. The number of fused-ring (bicyclic) bond motifs is 1. The van der Waals surface area contributed by atoms with Crippen LogP contribution in [0.5, 0.6) is 5.75 Å². The lowest BCUT2D eigenvalue weighted by atomic mass is 10.0. The number of anilines is 1. The number of aryl methyl sites for hydroxylation is 2. The molecular weight excluding hydrogens is 330 g/mol. The first-order valence-electron chi connectivity index (χ1n) is 7.93. The van der Waals surface area contributed by atoms with Gasteiger partial charge in [0.25, 0.3) is 0 Å². The Labute approximate surface area is 152 Å². The molecule has 0 aromatic heterocycles. The molecule has 0 bridgehead atoms. The Balaban J connectivity index is 1.76. The van der Waals surface area contributed by atoms with Gasteiger partial charge in [-0.3, -0.25) is 5.43 Å².